The van der Waals surface area contributed by atoms with E-state index < -0.39 is 5.97 Å². The Hall–Kier alpha value is -2.04. The minimum absolute atomic E-state index is 0.150. The summed E-state index contributed by atoms with van der Waals surface area (Å²) in [4.78, 5) is 25.7. The van der Waals surface area contributed by atoms with Gasteiger partial charge >= 0.3 is 12.0 Å². The molecule has 1 N–H and O–H groups in total. The van der Waals surface area contributed by atoms with Crippen LogP contribution >= 0.6 is 0 Å². The molecule has 5 nitrogen and oxygen atoms in total. The maximum Gasteiger partial charge on any atom is 0.339 e. The van der Waals surface area contributed by atoms with Crippen molar-refractivity contribution in [3.63, 3.8) is 0 Å². The van der Waals surface area contributed by atoms with Gasteiger partial charge in [0, 0.05) is 13.1 Å². The average molecular weight is 276 g/mol. The van der Waals surface area contributed by atoms with E-state index in [9.17, 15) is 9.59 Å². The highest BCUT2D eigenvalue weighted by Gasteiger charge is 2.18. The molecule has 5 heteroatoms. The van der Waals surface area contributed by atoms with Crippen molar-refractivity contribution in [3.05, 3.63) is 29.8 Å². The van der Waals surface area contributed by atoms with Gasteiger partial charge in [0.15, 0.2) is 0 Å². The highest BCUT2D eigenvalue weighted by molar-refractivity contribution is 6.00. The Morgan fingerprint density at radius 1 is 1.10 bits per heavy atom. The zero-order valence-electron chi connectivity index (χ0n) is 11.7. The number of rotatable bonds is 2. The van der Waals surface area contributed by atoms with E-state index in [1.165, 1.54) is 20.0 Å². The van der Waals surface area contributed by atoms with E-state index in [4.69, 9.17) is 4.74 Å². The van der Waals surface area contributed by atoms with E-state index in [1.54, 1.807) is 29.2 Å². The number of nitrogens with zero attached hydrogens (tertiary/aromatic N) is 1. The van der Waals surface area contributed by atoms with Crippen LogP contribution in [-0.4, -0.2) is 37.1 Å². The van der Waals surface area contributed by atoms with E-state index in [-0.39, 0.29) is 6.03 Å². The van der Waals surface area contributed by atoms with Crippen molar-refractivity contribution in [1.82, 2.24) is 4.90 Å². The number of likely N-dealkylation sites (tertiary alicyclic amines) is 1. The third kappa shape index (κ3) is 3.50. The molecule has 1 saturated heterocycles. The zero-order chi connectivity index (χ0) is 14.4. The number of amides is 2. The SMILES string of the molecule is COC(=O)c1ccccc1NC(=O)N1CCCCCC1. The van der Waals surface area contributed by atoms with Crippen molar-refractivity contribution in [1.29, 1.82) is 0 Å². The maximum atomic E-state index is 12.2. The number of ether oxygens (including phenoxy) is 1. The Balaban J connectivity index is 2.09. The van der Waals surface area contributed by atoms with Crippen molar-refractivity contribution in [2.75, 3.05) is 25.5 Å². The topological polar surface area (TPSA) is 58.6 Å². The Bertz CT molecular complexity index is 480. The van der Waals surface area contributed by atoms with Crippen LogP contribution in [0.5, 0.6) is 0 Å². The van der Waals surface area contributed by atoms with E-state index in [0.29, 0.717) is 11.3 Å². The van der Waals surface area contributed by atoms with Gasteiger partial charge in [-0.3, -0.25) is 0 Å². The summed E-state index contributed by atoms with van der Waals surface area (Å²) in [6.07, 6.45) is 4.41. The molecule has 1 aliphatic heterocycles. The summed E-state index contributed by atoms with van der Waals surface area (Å²) < 4.78 is 4.72. The first-order chi connectivity index (χ1) is 9.72. The van der Waals surface area contributed by atoms with Crippen LogP contribution in [-0.2, 0) is 4.74 Å². The molecule has 0 spiro atoms. The Labute approximate surface area is 118 Å². The molecule has 108 valence electrons. The molecule has 0 aliphatic carbocycles. The van der Waals surface area contributed by atoms with Gasteiger partial charge in [0.2, 0.25) is 0 Å². The lowest BCUT2D eigenvalue weighted by Crippen LogP contribution is -2.36. The molecule has 0 bridgehead atoms. The highest BCUT2D eigenvalue weighted by Crippen LogP contribution is 2.18. The number of para-hydroxylation sites is 1. The van der Waals surface area contributed by atoms with Crippen molar-refractivity contribution in [2.45, 2.75) is 25.7 Å². The van der Waals surface area contributed by atoms with Crippen LogP contribution in [0.1, 0.15) is 36.0 Å². The smallest absolute Gasteiger partial charge is 0.339 e. The summed E-state index contributed by atoms with van der Waals surface area (Å²) in [5.74, 6) is -0.447. The van der Waals surface area contributed by atoms with Crippen molar-refractivity contribution in [2.24, 2.45) is 0 Å². The number of esters is 1. The first-order valence-electron chi connectivity index (χ1n) is 6.95. The number of carbonyl (C=O) groups is 2. The fourth-order valence-corrected chi connectivity index (χ4v) is 2.35. The first-order valence-corrected chi connectivity index (χ1v) is 6.95. The van der Waals surface area contributed by atoms with Crippen LogP contribution in [0.4, 0.5) is 10.5 Å². The van der Waals surface area contributed by atoms with Gasteiger partial charge in [0.1, 0.15) is 0 Å². The Kier molecular flexibility index (Phi) is 4.98. The zero-order valence-corrected chi connectivity index (χ0v) is 11.7. The summed E-state index contributed by atoms with van der Waals surface area (Å²) in [7, 11) is 1.33. The summed E-state index contributed by atoms with van der Waals surface area (Å²) >= 11 is 0. The van der Waals surface area contributed by atoms with Gasteiger partial charge in [-0.2, -0.15) is 0 Å². The molecule has 1 aromatic rings. The number of methoxy groups -OCH3 is 1. The van der Waals surface area contributed by atoms with Crippen molar-refractivity contribution >= 4 is 17.7 Å². The molecule has 0 unspecified atom stereocenters. The summed E-state index contributed by atoms with van der Waals surface area (Å²) in [5, 5.41) is 2.81. The van der Waals surface area contributed by atoms with Gasteiger partial charge < -0.3 is 15.0 Å². The molecule has 0 saturated carbocycles. The Morgan fingerprint density at radius 2 is 1.75 bits per heavy atom. The molecule has 2 amide bonds. The lowest BCUT2D eigenvalue weighted by atomic mass is 10.2. The number of hydrogen-bond acceptors (Lipinski definition) is 3. The molecule has 0 atom stereocenters. The number of anilines is 1. The van der Waals surface area contributed by atoms with Crippen molar-refractivity contribution in [3.8, 4) is 0 Å². The monoisotopic (exact) mass is 276 g/mol. The van der Waals surface area contributed by atoms with Crippen LogP contribution in [0, 0.1) is 0 Å². The predicted octanol–water partition coefficient (Wildman–Crippen LogP) is 2.88. The largest absolute Gasteiger partial charge is 0.465 e. The summed E-state index contributed by atoms with van der Waals surface area (Å²) in [6.45, 7) is 1.54. The fraction of sp³-hybridized carbons (Fsp3) is 0.467. The molecule has 20 heavy (non-hydrogen) atoms. The lowest BCUT2D eigenvalue weighted by molar-refractivity contribution is 0.0602. The number of benzene rings is 1. The number of nitrogens with one attached hydrogen (secondary N) is 1. The minimum Gasteiger partial charge on any atom is -0.465 e. The second-order valence-corrected chi connectivity index (χ2v) is 4.87. The molecule has 2 rings (SSSR count). The molecule has 1 heterocycles. The standard InChI is InChI=1S/C15H20N2O3/c1-20-14(18)12-8-4-5-9-13(12)16-15(19)17-10-6-2-3-7-11-17/h4-5,8-9H,2-3,6-7,10-11H2,1H3,(H,16,19). The number of hydrogen-bond donors (Lipinski definition) is 1. The maximum absolute atomic E-state index is 12.2. The fourth-order valence-electron chi connectivity index (χ4n) is 2.35. The molecule has 1 aromatic carbocycles. The summed E-state index contributed by atoms with van der Waals surface area (Å²) in [5.41, 5.74) is 0.867. The minimum atomic E-state index is -0.447. The Morgan fingerprint density at radius 3 is 2.40 bits per heavy atom. The van der Waals surface area contributed by atoms with E-state index in [0.717, 1.165) is 25.9 Å². The van der Waals surface area contributed by atoms with E-state index >= 15 is 0 Å². The van der Waals surface area contributed by atoms with Gasteiger partial charge in [-0.1, -0.05) is 25.0 Å². The van der Waals surface area contributed by atoms with Gasteiger partial charge in [0.05, 0.1) is 18.4 Å². The summed E-state index contributed by atoms with van der Waals surface area (Å²) in [6, 6.07) is 6.73. The molecule has 1 fully saturated rings. The van der Waals surface area contributed by atoms with Gasteiger partial charge in [-0.15, -0.1) is 0 Å². The molecular weight excluding hydrogens is 256 g/mol. The molecule has 1 aliphatic rings. The molecule has 0 radical (unpaired) electrons. The van der Waals surface area contributed by atoms with Gasteiger partial charge in [-0.05, 0) is 25.0 Å². The second-order valence-electron chi connectivity index (χ2n) is 4.87. The van der Waals surface area contributed by atoms with Crippen LogP contribution in [0.15, 0.2) is 24.3 Å². The quantitative estimate of drug-likeness (QED) is 0.845. The normalized spacial score (nSPS) is 15.3. The second kappa shape index (κ2) is 6.93. The third-order valence-electron chi connectivity index (χ3n) is 3.47. The number of carbonyl (C=O) groups excluding carboxylic acids is 2. The van der Waals surface area contributed by atoms with Gasteiger partial charge in [-0.25, -0.2) is 9.59 Å². The lowest BCUT2D eigenvalue weighted by Gasteiger charge is -2.21. The van der Waals surface area contributed by atoms with Crippen LogP contribution in [0.25, 0.3) is 0 Å². The van der Waals surface area contributed by atoms with Gasteiger partial charge in [0.25, 0.3) is 0 Å². The van der Waals surface area contributed by atoms with E-state index in [1.807, 2.05) is 0 Å². The molecular formula is C15H20N2O3. The average Bonchev–Trinajstić information content (AvgIpc) is 2.76. The van der Waals surface area contributed by atoms with Crippen molar-refractivity contribution < 1.29 is 14.3 Å². The van der Waals surface area contributed by atoms with Crippen LogP contribution in [0.2, 0.25) is 0 Å². The van der Waals surface area contributed by atoms with E-state index in [2.05, 4.69) is 5.32 Å². The predicted molar refractivity (Wildman–Crippen MR) is 76.8 cm³/mol. The molecule has 0 aromatic heterocycles. The van der Waals surface area contributed by atoms with Crippen LogP contribution < -0.4 is 5.32 Å². The van der Waals surface area contributed by atoms with Crippen LogP contribution in [0.3, 0.4) is 0 Å². The number of urea groups is 1. The first kappa shape index (κ1) is 14.4. The highest BCUT2D eigenvalue weighted by atomic mass is 16.5. The third-order valence-corrected chi connectivity index (χ3v) is 3.47.